The third-order valence-electron chi connectivity index (χ3n) is 2.64. The fourth-order valence-electron chi connectivity index (χ4n) is 1.65. The van der Waals surface area contributed by atoms with Gasteiger partial charge in [-0.05, 0) is 12.1 Å². The average molecular weight is 241 g/mol. The molecule has 0 unspecified atom stereocenters. The number of hydrogen-bond acceptors (Lipinski definition) is 4. The number of hydrogen-bond donors (Lipinski definition) is 1. The molecule has 0 aliphatic carbocycles. The van der Waals surface area contributed by atoms with E-state index in [1.54, 1.807) is 6.20 Å². The highest BCUT2D eigenvalue weighted by Crippen LogP contribution is 2.13. The molecule has 1 aliphatic rings. The smallest absolute Gasteiger partial charge is 0.211 e. The number of sulfonamides is 1. The van der Waals surface area contributed by atoms with Gasteiger partial charge in [0.2, 0.25) is 10.0 Å². The van der Waals surface area contributed by atoms with Crippen LogP contribution in [-0.2, 0) is 16.6 Å². The van der Waals surface area contributed by atoms with E-state index in [4.69, 9.17) is 0 Å². The van der Waals surface area contributed by atoms with Gasteiger partial charge in [0.05, 0.1) is 24.5 Å². The quantitative estimate of drug-likeness (QED) is 0.794. The zero-order valence-electron chi connectivity index (χ0n) is 9.13. The Kier molecular flexibility index (Phi) is 3.22. The Morgan fingerprint density at radius 2 is 2.25 bits per heavy atom. The number of pyridine rings is 1. The Labute approximate surface area is 95.5 Å². The van der Waals surface area contributed by atoms with Crippen LogP contribution in [0.4, 0.5) is 0 Å². The van der Waals surface area contributed by atoms with Crippen molar-refractivity contribution >= 4 is 10.0 Å². The zero-order chi connectivity index (χ0) is 11.6. The normalized spacial score (nSPS) is 17.4. The lowest BCUT2D eigenvalue weighted by Crippen LogP contribution is -2.58. The highest BCUT2D eigenvalue weighted by atomic mass is 32.2. The van der Waals surface area contributed by atoms with Gasteiger partial charge in [0.25, 0.3) is 0 Å². The van der Waals surface area contributed by atoms with E-state index in [0.29, 0.717) is 6.54 Å². The average Bonchev–Trinajstić information content (AvgIpc) is 2.14. The minimum Gasteiger partial charge on any atom is -0.313 e. The standard InChI is InChI=1S/C10H15N3O2S/c1-16(14,15)13(10-6-11-7-10)8-9-4-2-3-5-12-9/h2-5,10-11H,6-8H2,1H3. The van der Waals surface area contributed by atoms with Gasteiger partial charge in [-0.2, -0.15) is 4.31 Å². The van der Waals surface area contributed by atoms with E-state index in [1.165, 1.54) is 10.6 Å². The lowest BCUT2D eigenvalue weighted by atomic mass is 10.2. The molecule has 6 heteroatoms. The van der Waals surface area contributed by atoms with Crippen molar-refractivity contribution in [2.75, 3.05) is 19.3 Å². The molecule has 0 atom stereocenters. The molecule has 1 N–H and O–H groups in total. The molecule has 2 rings (SSSR count). The molecule has 1 aromatic heterocycles. The lowest BCUT2D eigenvalue weighted by Gasteiger charge is -2.36. The van der Waals surface area contributed by atoms with Gasteiger partial charge in [-0.3, -0.25) is 4.98 Å². The van der Waals surface area contributed by atoms with E-state index in [1.807, 2.05) is 18.2 Å². The van der Waals surface area contributed by atoms with Crippen LogP contribution in [-0.4, -0.2) is 43.1 Å². The summed E-state index contributed by atoms with van der Waals surface area (Å²) in [5.41, 5.74) is 0.778. The van der Waals surface area contributed by atoms with Crippen LogP contribution in [0.25, 0.3) is 0 Å². The molecule has 16 heavy (non-hydrogen) atoms. The molecular weight excluding hydrogens is 226 g/mol. The molecular formula is C10H15N3O2S. The summed E-state index contributed by atoms with van der Waals surface area (Å²) in [7, 11) is -3.17. The lowest BCUT2D eigenvalue weighted by molar-refractivity contribution is 0.235. The largest absolute Gasteiger partial charge is 0.313 e. The predicted molar refractivity (Wildman–Crippen MR) is 61.3 cm³/mol. The molecule has 1 saturated heterocycles. The molecule has 0 saturated carbocycles. The Balaban J connectivity index is 2.14. The Morgan fingerprint density at radius 1 is 1.50 bits per heavy atom. The first-order chi connectivity index (χ1) is 7.57. The van der Waals surface area contributed by atoms with Gasteiger partial charge in [-0.25, -0.2) is 8.42 Å². The topological polar surface area (TPSA) is 62.3 Å². The van der Waals surface area contributed by atoms with Crippen LogP contribution in [0.1, 0.15) is 5.69 Å². The van der Waals surface area contributed by atoms with Crippen molar-refractivity contribution in [1.82, 2.24) is 14.6 Å². The summed E-state index contributed by atoms with van der Waals surface area (Å²) in [6, 6.07) is 5.59. The Morgan fingerprint density at radius 3 is 2.69 bits per heavy atom. The van der Waals surface area contributed by atoms with E-state index in [9.17, 15) is 8.42 Å². The van der Waals surface area contributed by atoms with Crippen molar-refractivity contribution in [3.05, 3.63) is 30.1 Å². The zero-order valence-corrected chi connectivity index (χ0v) is 9.94. The van der Waals surface area contributed by atoms with Crippen molar-refractivity contribution < 1.29 is 8.42 Å². The molecule has 2 heterocycles. The van der Waals surface area contributed by atoms with Crippen molar-refractivity contribution in [2.24, 2.45) is 0 Å². The molecule has 88 valence electrons. The summed E-state index contributed by atoms with van der Waals surface area (Å²) in [4.78, 5) is 4.15. The van der Waals surface area contributed by atoms with Gasteiger partial charge >= 0.3 is 0 Å². The predicted octanol–water partition coefficient (Wildman–Crippen LogP) is -0.185. The van der Waals surface area contributed by atoms with Crippen molar-refractivity contribution in [2.45, 2.75) is 12.6 Å². The first-order valence-corrected chi connectivity index (χ1v) is 6.99. The van der Waals surface area contributed by atoms with Crippen LogP contribution < -0.4 is 5.32 Å². The molecule has 0 bridgehead atoms. The van der Waals surface area contributed by atoms with Crippen LogP contribution >= 0.6 is 0 Å². The Bertz CT molecular complexity index is 442. The summed E-state index contributed by atoms with van der Waals surface area (Å²) < 4.78 is 24.8. The highest BCUT2D eigenvalue weighted by molar-refractivity contribution is 7.88. The molecule has 1 aromatic rings. The first-order valence-electron chi connectivity index (χ1n) is 5.15. The van der Waals surface area contributed by atoms with Gasteiger partial charge in [0.15, 0.2) is 0 Å². The van der Waals surface area contributed by atoms with E-state index < -0.39 is 10.0 Å². The van der Waals surface area contributed by atoms with Crippen LogP contribution in [0, 0.1) is 0 Å². The maximum atomic E-state index is 11.6. The van der Waals surface area contributed by atoms with Gasteiger partial charge in [-0.15, -0.1) is 0 Å². The van der Waals surface area contributed by atoms with Crippen LogP contribution in [0.3, 0.4) is 0 Å². The number of nitrogens with zero attached hydrogens (tertiary/aromatic N) is 2. The van der Waals surface area contributed by atoms with E-state index in [2.05, 4.69) is 10.3 Å². The summed E-state index contributed by atoms with van der Waals surface area (Å²) in [5, 5.41) is 3.07. The summed E-state index contributed by atoms with van der Waals surface area (Å²) in [5.74, 6) is 0. The summed E-state index contributed by atoms with van der Waals surface area (Å²) in [6.45, 7) is 1.80. The number of aromatic nitrogens is 1. The Hall–Kier alpha value is -0.980. The monoisotopic (exact) mass is 241 g/mol. The second kappa shape index (κ2) is 4.48. The van der Waals surface area contributed by atoms with Crippen LogP contribution in [0.15, 0.2) is 24.4 Å². The molecule has 1 aliphatic heterocycles. The van der Waals surface area contributed by atoms with E-state index in [-0.39, 0.29) is 6.04 Å². The van der Waals surface area contributed by atoms with Gasteiger partial charge in [0, 0.05) is 19.3 Å². The number of nitrogens with one attached hydrogen (secondary N) is 1. The van der Waals surface area contributed by atoms with E-state index >= 15 is 0 Å². The maximum Gasteiger partial charge on any atom is 0.211 e. The van der Waals surface area contributed by atoms with Crippen molar-refractivity contribution in [3.8, 4) is 0 Å². The van der Waals surface area contributed by atoms with Crippen molar-refractivity contribution in [1.29, 1.82) is 0 Å². The maximum absolute atomic E-state index is 11.6. The number of rotatable bonds is 4. The summed E-state index contributed by atoms with van der Waals surface area (Å²) in [6.07, 6.45) is 2.92. The van der Waals surface area contributed by atoms with Gasteiger partial charge in [-0.1, -0.05) is 6.07 Å². The molecule has 0 radical (unpaired) electrons. The molecule has 1 fully saturated rings. The minimum absolute atomic E-state index is 0.0667. The fraction of sp³-hybridized carbons (Fsp3) is 0.500. The van der Waals surface area contributed by atoms with Gasteiger partial charge in [0.1, 0.15) is 0 Å². The first kappa shape index (κ1) is 11.5. The van der Waals surface area contributed by atoms with E-state index in [0.717, 1.165) is 18.8 Å². The fourth-order valence-corrected chi connectivity index (χ4v) is 2.70. The van der Waals surface area contributed by atoms with Crippen molar-refractivity contribution in [3.63, 3.8) is 0 Å². The minimum atomic E-state index is -3.17. The summed E-state index contributed by atoms with van der Waals surface area (Å²) >= 11 is 0. The third-order valence-corrected chi connectivity index (χ3v) is 3.92. The molecule has 5 nitrogen and oxygen atoms in total. The molecule has 0 aromatic carbocycles. The molecule has 0 amide bonds. The molecule has 0 spiro atoms. The van der Waals surface area contributed by atoms with Crippen LogP contribution in [0.5, 0.6) is 0 Å². The second-order valence-corrected chi connectivity index (χ2v) is 5.88. The SMILES string of the molecule is CS(=O)(=O)N(Cc1ccccn1)C1CNC1. The third kappa shape index (κ3) is 2.58. The highest BCUT2D eigenvalue weighted by Gasteiger charge is 2.31. The second-order valence-electron chi connectivity index (χ2n) is 3.94. The van der Waals surface area contributed by atoms with Gasteiger partial charge < -0.3 is 5.32 Å². The van der Waals surface area contributed by atoms with Crippen LogP contribution in [0.2, 0.25) is 0 Å².